The van der Waals surface area contributed by atoms with E-state index in [2.05, 4.69) is 339 Å². The van der Waals surface area contributed by atoms with E-state index in [1.165, 1.54) is 77.9 Å². The third-order valence-corrected chi connectivity index (χ3v) is 19.6. The molecule has 2 aromatic heterocycles. The Morgan fingerprint density at radius 1 is 0.244 bits per heavy atom. The number of para-hydroxylation sites is 2. The highest BCUT2D eigenvalue weighted by Crippen LogP contribution is 2.59. The van der Waals surface area contributed by atoms with Crippen LogP contribution < -0.4 is 9.80 Å². The monoisotopic (exact) mass is 1150 g/mol. The third-order valence-electron chi connectivity index (χ3n) is 19.6. The van der Waals surface area contributed by atoms with Crippen LogP contribution in [0.1, 0.15) is 55.6 Å². The van der Waals surface area contributed by atoms with Crippen LogP contribution in [0.5, 0.6) is 0 Å². The number of fused-ring (bicyclic) bond motifs is 13. The first kappa shape index (κ1) is 51.7. The van der Waals surface area contributed by atoms with Crippen molar-refractivity contribution in [3.8, 4) is 22.3 Å². The van der Waals surface area contributed by atoms with Gasteiger partial charge in [-0.25, -0.2) is 0 Å². The van der Waals surface area contributed by atoms with E-state index in [4.69, 9.17) is 8.83 Å². The largest absolute Gasteiger partial charge is 0.456 e. The van der Waals surface area contributed by atoms with Gasteiger partial charge < -0.3 is 18.6 Å². The van der Waals surface area contributed by atoms with Crippen molar-refractivity contribution in [2.24, 2.45) is 0 Å². The quantitative estimate of drug-likeness (QED) is 0.137. The molecule has 4 nitrogen and oxygen atoms in total. The summed E-state index contributed by atoms with van der Waals surface area (Å²) in [5, 5.41) is 6.44. The zero-order valence-corrected chi connectivity index (χ0v) is 49.7. The summed E-state index contributed by atoms with van der Waals surface area (Å²) in [5.41, 5.74) is 26.1. The maximum absolute atomic E-state index is 6.96. The molecule has 0 N–H and O–H groups in total. The van der Waals surface area contributed by atoms with Crippen molar-refractivity contribution in [3.05, 3.63) is 371 Å². The summed E-state index contributed by atoms with van der Waals surface area (Å²) in [6.07, 6.45) is 0. The molecule has 16 aromatic rings. The van der Waals surface area contributed by atoms with E-state index >= 15 is 0 Å². The number of rotatable bonds is 10. The van der Waals surface area contributed by atoms with Gasteiger partial charge in [0, 0.05) is 67.8 Å². The molecule has 424 valence electrons. The highest BCUT2D eigenvalue weighted by Gasteiger charge is 2.48. The number of aryl methyl sites for hydroxylation is 2. The van der Waals surface area contributed by atoms with Crippen LogP contribution >= 0.6 is 0 Å². The first-order chi connectivity index (χ1) is 44.4. The molecule has 0 atom stereocenters. The van der Waals surface area contributed by atoms with Gasteiger partial charge in [0.15, 0.2) is 0 Å². The van der Waals surface area contributed by atoms with Crippen molar-refractivity contribution in [3.63, 3.8) is 0 Å². The summed E-state index contributed by atoms with van der Waals surface area (Å²) in [4.78, 5) is 4.79. The maximum Gasteiger partial charge on any atom is 0.137 e. The second kappa shape index (κ2) is 20.0. The van der Waals surface area contributed by atoms with Crippen molar-refractivity contribution in [1.82, 2.24) is 0 Å². The molecule has 14 aromatic carbocycles. The van der Waals surface area contributed by atoms with Gasteiger partial charge in [-0.1, -0.05) is 218 Å². The van der Waals surface area contributed by atoms with Crippen molar-refractivity contribution in [1.29, 1.82) is 0 Å². The predicted octanol–water partition coefficient (Wildman–Crippen LogP) is 22.9. The summed E-state index contributed by atoms with van der Waals surface area (Å²) >= 11 is 0. The normalized spacial score (nSPS) is 13.4. The smallest absolute Gasteiger partial charge is 0.137 e. The van der Waals surface area contributed by atoms with Gasteiger partial charge in [-0.2, -0.15) is 0 Å². The number of hydrogen-bond acceptors (Lipinski definition) is 4. The van der Waals surface area contributed by atoms with Crippen molar-refractivity contribution < 1.29 is 8.83 Å². The minimum absolute atomic E-state index is 0.537. The summed E-state index contributed by atoms with van der Waals surface area (Å²) in [6.45, 7) is 4.39. The number of furan rings is 2. The van der Waals surface area contributed by atoms with Gasteiger partial charge in [0.25, 0.3) is 0 Å². The minimum atomic E-state index is -0.537. The summed E-state index contributed by atoms with van der Waals surface area (Å²) < 4.78 is 13.9. The molecule has 90 heavy (non-hydrogen) atoms. The van der Waals surface area contributed by atoms with Gasteiger partial charge in [-0.05, 0) is 187 Å². The zero-order chi connectivity index (χ0) is 59.7. The average molecular weight is 1150 g/mol. The van der Waals surface area contributed by atoms with E-state index in [0.29, 0.717) is 0 Å². The van der Waals surface area contributed by atoms with Gasteiger partial charge in [0.05, 0.1) is 10.8 Å². The van der Waals surface area contributed by atoms with Crippen molar-refractivity contribution in [2.75, 3.05) is 9.80 Å². The molecule has 2 aliphatic carbocycles. The van der Waals surface area contributed by atoms with Crippen LogP contribution in [0.25, 0.3) is 76.9 Å². The third kappa shape index (κ3) is 7.55. The number of anilines is 6. The number of hydrogen-bond donors (Lipinski definition) is 0. The maximum atomic E-state index is 6.96. The van der Waals surface area contributed by atoms with Crippen molar-refractivity contribution in [2.45, 2.75) is 24.7 Å². The second-order valence-electron chi connectivity index (χ2n) is 24.4. The first-order valence-corrected chi connectivity index (χ1v) is 31.1. The van der Waals surface area contributed by atoms with Gasteiger partial charge >= 0.3 is 0 Å². The van der Waals surface area contributed by atoms with Gasteiger partial charge in [0.2, 0.25) is 0 Å². The lowest BCUT2D eigenvalue weighted by Gasteiger charge is -2.35. The SMILES string of the molecule is Cc1ccccc1N(c1cccc(C2(c3ccccc3)c3ccccc3-c3ccccc32)c1)c1ccc2c(c1)oc1cc3cc4oc5cc(N(c6cccc(C7(c8ccccc8)c8ccccc8-c8ccccc87)c6)c6ccccc6C)ccc5c4cc3cc12. The van der Waals surface area contributed by atoms with E-state index in [9.17, 15) is 0 Å². The summed E-state index contributed by atoms with van der Waals surface area (Å²) in [7, 11) is 0. The van der Waals surface area contributed by atoms with E-state index in [0.717, 1.165) is 88.8 Å². The van der Waals surface area contributed by atoms with E-state index in [-0.39, 0.29) is 0 Å². The highest BCUT2D eigenvalue weighted by atomic mass is 16.3. The lowest BCUT2D eigenvalue weighted by molar-refractivity contribution is 0.668. The van der Waals surface area contributed by atoms with Gasteiger partial charge in [0.1, 0.15) is 22.3 Å². The van der Waals surface area contributed by atoms with E-state index < -0.39 is 10.8 Å². The molecular weight excluding hydrogens is 1090 g/mol. The average Bonchev–Trinajstić information content (AvgIpc) is 1.55. The molecule has 0 saturated carbocycles. The van der Waals surface area contributed by atoms with Crippen LogP contribution in [0, 0.1) is 13.8 Å². The van der Waals surface area contributed by atoms with E-state index in [1.54, 1.807) is 0 Å². The molecule has 4 heteroatoms. The fourth-order valence-corrected chi connectivity index (χ4v) is 15.7. The molecule has 0 fully saturated rings. The van der Waals surface area contributed by atoms with E-state index in [1.807, 2.05) is 0 Å². The lowest BCUT2D eigenvalue weighted by atomic mass is 9.67. The number of benzene rings is 14. The second-order valence-corrected chi connectivity index (χ2v) is 24.4. The Kier molecular flexibility index (Phi) is 11.5. The number of nitrogens with zero attached hydrogens (tertiary/aromatic N) is 2. The molecule has 0 aliphatic heterocycles. The molecule has 0 radical (unpaired) electrons. The molecule has 0 saturated heterocycles. The van der Waals surface area contributed by atoms with Crippen LogP contribution in [0.4, 0.5) is 34.1 Å². The van der Waals surface area contributed by atoms with Crippen LogP contribution in [-0.4, -0.2) is 0 Å². The topological polar surface area (TPSA) is 32.8 Å². The predicted molar refractivity (Wildman–Crippen MR) is 372 cm³/mol. The molecule has 2 heterocycles. The standard InChI is InChI=1S/C86H58N2O2/c1-55-23-9-19-41-79(55)87(63-31-21-29-61(51-63)85(59-25-5-3-6-26-59)75-37-15-11-33-67(75)68-34-12-16-38-76(68)85)65-43-45-71-73-47-57-48-74-72-46-44-66(54-84(72)90-82(74)50-58(57)49-81(73)89-83(71)53-65)88(80-42-20-10-24-56(80)2)64-32-22-30-62(52-64)86(60-27-7-4-8-28-60)77-39-17-13-35-69(77)70-36-14-18-40-78(70)86/h3-54H,1-2H3. The Balaban J connectivity index is 0.738. The van der Waals surface area contributed by atoms with Crippen LogP contribution in [-0.2, 0) is 10.8 Å². The summed E-state index contributed by atoms with van der Waals surface area (Å²) in [6, 6.07) is 116. The first-order valence-electron chi connectivity index (χ1n) is 31.1. The van der Waals surface area contributed by atoms with Crippen molar-refractivity contribution >= 4 is 88.8 Å². The van der Waals surface area contributed by atoms with Gasteiger partial charge in [-0.15, -0.1) is 0 Å². The fraction of sp³-hybridized carbons (Fsp3) is 0.0465. The Bertz CT molecular complexity index is 5130. The fourth-order valence-electron chi connectivity index (χ4n) is 15.7. The summed E-state index contributed by atoms with van der Waals surface area (Å²) in [5.74, 6) is 0. The van der Waals surface area contributed by atoms with Crippen LogP contribution in [0.2, 0.25) is 0 Å². The Hall–Kier alpha value is -11.5. The Morgan fingerprint density at radius 2 is 0.567 bits per heavy atom. The molecule has 0 spiro atoms. The Labute approximate surface area is 522 Å². The molecule has 18 rings (SSSR count). The highest BCUT2D eigenvalue weighted by molar-refractivity contribution is 6.16. The molecule has 0 bridgehead atoms. The van der Waals surface area contributed by atoms with Crippen LogP contribution in [0.3, 0.4) is 0 Å². The molecular formula is C86H58N2O2. The molecule has 0 unspecified atom stereocenters. The molecule has 2 aliphatic rings. The molecule has 0 amide bonds. The van der Waals surface area contributed by atoms with Crippen LogP contribution in [0.15, 0.2) is 324 Å². The van der Waals surface area contributed by atoms with Gasteiger partial charge in [-0.3, -0.25) is 0 Å². The lowest BCUT2D eigenvalue weighted by Crippen LogP contribution is -2.28. The Morgan fingerprint density at radius 3 is 0.967 bits per heavy atom. The minimum Gasteiger partial charge on any atom is -0.456 e. The zero-order valence-electron chi connectivity index (χ0n) is 49.7.